The minimum absolute atomic E-state index is 0.211. The molecule has 1 N–H and O–H groups in total. The summed E-state index contributed by atoms with van der Waals surface area (Å²) < 4.78 is 12.8. The maximum atomic E-state index is 12.8. The van der Waals surface area contributed by atoms with Gasteiger partial charge in [-0.25, -0.2) is 4.39 Å². The number of hydrogen-bond acceptors (Lipinski definition) is 1. The highest BCUT2D eigenvalue weighted by Crippen LogP contribution is 2.21. The molecule has 0 saturated carbocycles. The van der Waals surface area contributed by atoms with Crippen molar-refractivity contribution in [2.45, 2.75) is 12.8 Å². The van der Waals surface area contributed by atoms with Crippen LogP contribution in [-0.4, -0.2) is 11.1 Å². The Kier molecular flexibility index (Phi) is 2.88. The van der Waals surface area contributed by atoms with Crippen molar-refractivity contribution in [2.75, 3.05) is 0 Å². The maximum absolute atomic E-state index is 12.8. The second-order valence-electron chi connectivity index (χ2n) is 2.76. The zero-order chi connectivity index (χ0) is 10.0. The highest BCUT2D eigenvalue weighted by molar-refractivity contribution is 6.30. The molecular formula is C9H8ClFO2. The molecule has 1 aromatic rings. The first-order valence-electron chi connectivity index (χ1n) is 3.69. The number of halogens is 2. The summed E-state index contributed by atoms with van der Waals surface area (Å²) >= 11 is 5.57. The van der Waals surface area contributed by atoms with Crippen molar-refractivity contribution in [3.8, 4) is 0 Å². The van der Waals surface area contributed by atoms with Crippen LogP contribution < -0.4 is 0 Å². The summed E-state index contributed by atoms with van der Waals surface area (Å²) in [6.45, 7) is 1.48. The zero-order valence-electron chi connectivity index (χ0n) is 6.92. The molecule has 0 aliphatic rings. The van der Waals surface area contributed by atoms with Gasteiger partial charge in [-0.2, -0.15) is 0 Å². The smallest absolute Gasteiger partial charge is 0.310 e. The molecule has 0 heterocycles. The number of carboxylic acids is 1. The topological polar surface area (TPSA) is 37.3 Å². The zero-order valence-corrected chi connectivity index (χ0v) is 7.68. The molecule has 0 amide bonds. The Morgan fingerprint density at radius 1 is 1.54 bits per heavy atom. The molecule has 13 heavy (non-hydrogen) atoms. The van der Waals surface area contributed by atoms with E-state index in [0.29, 0.717) is 5.56 Å². The number of aliphatic carboxylic acids is 1. The molecule has 0 fully saturated rings. The van der Waals surface area contributed by atoms with Crippen molar-refractivity contribution in [1.82, 2.24) is 0 Å². The Hall–Kier alpha value is -1.09. The third kappa shape index (κ3) is 2.42. The molecule has 0 radical (unpaired) electrons. The first kappa shape index (κ1) is 9.99. The van der Waals surface area contributed by atoms with Crippen molar-refractivity contribution < 1.29 is 14.3 Å². The first-order chi connectivity index (χ1) is 6.00. The van der Waals surface area contributed by atoms with Crippen LogP contribution >= 0.6 is 11.6 Å². The first-order valence-corrected chi connectivity index (χ1v) is 4.07. The van der Waals surface area contributed by atoms with E-state index in [2.05, 4.69) is 0 Å². The Labute approximate surface area is 80.0 Å². The Bertz CT molecular complexity index is 318. The van der Waals surface area contributed by atoms with Crippen LogP contribution in [0.3, 0.4) is 0 Å². The lowest BCUT2D eigenvalue weighted by atomic mass is 10.0. The SMILES string of the molecule is C[C@@H](C(=O)O)c1cc(F)cc(Cl)c1. The molecule has 1 atom stereocenters. The van der Waals surface area contributed by atoms with Crippen LogP contribution in [0.1, 0.15) is 18.4 Å². The minimum Gasteiger partial charge on any atom is -0.481 e. The van der Waals surface area contributed by atoms with Gasteiger partial charge in [0.15, 0.2) is 0 Å². The van der Waals surface area contributed by atoms with E-state index in [9.17, 15) is 9.18 Å². The van der Waals surface area contributed by atoms with E-state index in [-0.39, 0.29) is 5.02 Å². The summed E-state index contributed by atoms with van der Waals surface area (Å²) in [6, 6.07) is 3.76. The standard InChI is InChI=1S/C9H8ClFO2/c1-5(9(12)13)6-2-7(10)4-8(11)3-6/h2-5H,1H3,(H,12,13)/t5-/m1/s1. The van der Waals surface area contributed by atoms with Crippen LogP contribution in [-0.2, 0) is 4.79 Å². The monoisotopic (exact) mass is 202 g/mol. The van der Waals surface area contributed by atoms with Crippen molar-refractivity contribution in [3.63, 3.8) is 0 Å². The van der Waals surface area contributed by atoms with Crippen molar-refractivity contribution in [3.05, 3.63) is 34.6 Å². The van der Waals surface area contributed by atoms with Gasteiger partial charge in [-0.1, -0.05) is 11.6 Å². The molecule has 0 aromatic heterocycles. The van der Waals surface area contributed by atoms with E-state index < -0.39 is 17.7 Å². The number of carboxylic acid groups (broad SMARTS) is 1. The third-order valence-corrected chi connectivity index (χ3v) is 1.97. The van der Waals surface area contributed by atoms with E-state index in [4.69, 9.17) is 16.7 Å². The molecular weight excluding hydrogens is 195 g/mol. The molecule has 0 spiro atoms. The van der Waals surface area contributed by atoms with Crippen LogP contribution in [0.5, 0.6) is 0 Å². The summed E-state index contributed by atoms with van der Waals surface area (Å²) in [4.78, 5) is 10.6. The van der Waals surface area contributed by atoms with Crippen LogP contribution in [0.25, 0.3) is 0 Å². The predicted molar refractivity (Wildman–Crippen MR) is 47.5 cm³/mol. The lowest BCUT2D eigenvalue weighted by Crippen LogP contribution is -2.07. The summed E-state index contributed by atoms with van der Waals surface area (Å²) in [6.07, 6.45) is 0. The van der Waals surface area contributed by atoms with Gasteiger partial charge >= 0.3 is 5.97 Å². The molecule has 0 unspecified atom stereocenters. The molecule has 0 aliphatic carbocycles. The minimum atomic E-state index is -0.998. The van der Waals surface area contributed by atoms with Crippen molar-refractivity contribution in [2.24, 2.45) is 0 Å². The quantitative estimate of drug-likeness (QED) is 0.801. The van der Waals surface area contributed by atoms with E-state index in [0.717, 1.165) is 6.07 Å². The summed E-state index contributed by atoms with van der Waals surface area (Å²) in [5, 5.41) is 8.86. The Morgan fingerprint density at radius 3 is 2.62 bits per heavy atom. The Morgan fingerprint density at radius 2 is 2.15 bits per heavy atom. The van der Waals surface area contributed by atoms with E-state index in [1.807, 2.05) is 0 Å². The van der Waals surface area contributed by atoms with Crippen LogP contribution in [0, 0.1) is 5.82 Å². The Balaban J connectivity index is 3.07. The van der Waals surface area contributed by atoms with Crippen LogP contribution in [0.2, 0.25) is 5.02 Å². The lowest BCUT2D eigenvalue weighted by Gasteiger charge is -2.06. The fourth-order valence-electron chi connectivity index (χ4n) is 0.968. The van der Waals surface area contributed by atoms with Gasteiger partial charge in [0.2, 0.25) is 0 Å². The van der Waals surface area contributed by atoms with Gasteiger partial charge in [0.05, 0.1) is 5.92 Å². The lowest BCUT2D eigenvalue weighted by molar-refractivity contribution is -0.138. The van der Waals surface area contributed by atoms with Gasteiger partial charge in [-0.3, -0.25) is 4.79 Å². The van der Waals surface area contributed by atoms with E-state index in [1.165, 1.54) is 19.1 Å². The van der Waals surface area contributed by atoms with Gasteiger partial charge < -0.3 is 5.11 Å². The second-order valence-corrected chi connectivity index (χ2v) is 3.20. The predicted octanol–water partition coefficient (Wildman–Crippen LogP) is 2.67. The number of carbonyl (C=O) groups is 1. The molecule has 2 nitrogen and oxygen atoms in total. The summed E-state index contributed by atoms with van der Waals surface area (Å²) in [5.74, 6) is -2.26. The third-order valence-electron chi connectivity index (χ3n) is 1.76. The van der Waals surface area contributed by atoms with Gasteiger partial charge in [0, 0.05) is 5.02 Å². The molecule has 70 valence electrons. The molecule has 4 heteroatoms. The van der Waals surface area contributed by atoms with Gasteiger partial charge in [0.1, 0.15) is 5.82 Å². The van der Waals surface area contributed by atoms with Gasteiger partial charge in [0.25, 0.3) is 0 Å². The summed E-state index contributed by atoms with van der Waals surface area (Å²) in [7, 11) is 0. The molecule has 1 rings (SSSR count). The average molecular weight is 203 g/mol. The molecule has 0 saturated heterocycles. The molecule has 0 aliphatic heterocycles. The normalized spacial score (nSPS) is 12.5. The summed E-state index contributed by atoms with van der Waals surface area (Å²) in [5.41, 5.74) is 0.373. The highest BCUT2D eigenvalue weighted by Gasteiger charge is 2.14. The molecule has 0 bridgehead atoms. The largest absolute Gasteiger partial charge is 0.481 e. The highest BCUT2D eigenvalue weighted by atomic mass is 35.5. The van der Waals surface area contributed by atoms with Crippen molar-refractivity contribution >= 4 is 17.6 Å². The molecule has 1 aromatic carbocycles. The number of benzene rings is 1. The number of rotatable bonds is 2. The van der Waals surface area contributed by atoms with Gasteiger partial charge in [-0.15, -0.1) is 0 Å². The average Bonchev–Trinajstić information content (AvgIpc) is 2.01. The number of hydrogen-bond donors (Lipinski definition) is 1. The van der Waals surface area contributed by atoms with Gasteiger partial charge in [-0.05, 0) is 30.7 Å². The van der Waals surface area contributed by atoms with Crippen LogP contribution in [0.15, 0.2) is 18.2 Å². The van der Waals surface area contributed by atoms with Crippen LogP contribution in [0.4, 0.5) is 4.39 Å². The second kappa shape index (κ2) is 3.75. The van der Waals surface area contributed by atoms with E-state index in [1.54, 1.807) is 0 Å². The maximum Gasteiger partial charge on any atom is 0.310 e. The van der Waals surface area contributed by atoms with Crippen molar-refractivity contribution in [1.29, 1.82) is 0 Å². The fourth-order valence-corrected chi connectivity index (χ4v) is 1.20. The fraction of sp³-hybridized carbons (Fsp3) is 0.222. The van der Waals surface area contributed by atoms with E-state index >= 15 is 0 Å².